The lowest BCUT2D eigenvalue weighted by molar-refractivity contribution is 0.0298. The van der Waals surface area contributed by atoms with Gasteiger partial charge in [-0.05, 0) is 42.0 Å². The largest absolute Gasteiger partial charge is 0.379 e. The summed E-state index contributed by atoms with van der Waals surface area (Å²) in [7, 11) is 1.79. The minimum Gasteiger partial charge on any atom is -0.379 e. The molecule has 0 bridgehead atoms. The number of aromatic nitrogens is 2. The van der Waals surface area contributed by atoms with Crippen molar-refractivity contribution in [3.63, 3.8) is 0 Å². The van der Waals surface area contributed by atoms with Gasteiger partial charge in [0, 0.05) is 44.4 Å². The van der Waals surface area contributed by atoms with Crippen LogP contribution in [0.5, 0.6) is 0 Å². The van der Waals surface area contributed by atoms with Gasteiger partial charge in [0.2, 0.25) is 5.91 Å². The molecule has 6 rings (SSSR count). The van der Waals surface area contributed by atoms with Gasteiger partial charge in [0.1, 0.15) is 0 Å². The fraction of sp³-hybridized carbons (Fsp3) is 0.621. The summed E-state index contributed by atoms with van der Waals surface area (Å²) in [5, 5.41) is 6.90. The van der Waals surface area contributed by atoms with E-state index in [1.807, 2.05) is 13.8 Å². The standard InChI is InChI=1S/C13H12N4O2.C9H17NO.C5H10.C2H6/c1-17-11-5-8-4-7(12(14)18)2-3-10(8)16-13(19)9(11)6-15-17;1-9(2-3-9)8-10-4-6-11-7-5-10;1-2-4-5-3-1;1-2/h2-4,6H,5H2,1H3,(H2,14,18)(H,16,19);2-8H2,1H3;1-5H2;1-2H3. The molecule has 8 heteroatoms. The number of carbonyl (C=O) groups is 2. The smallest absolute Gasteiger partial charge is 0.259 e. The van der Waals surface area contributed by atoms with Crippen molar-refractivity contribution in [2.45, 2.75) is 72.1 Å². The van der Waals surface area contributed by atoms with E-state index in [-0.39, 0.29) is 5.91 Å². The number of amides is 2. The molecule has 2 saturated carbocycles. The third-order valence-electron chi connectivity index (χ3n) is 7.36. The highest BCUT2D eigenvalue weighted by molar-refractivity contribution is 6.06. The van der Waals surface area contributed by atoms with Crippen LogP contribution in [-0.2, 0) is 18.2 Å². The number of benzene rings is 1. The average molecular weight is 512 g/mol. The first-order chi connectivity index (χ1) is 17.8. The molecule has 1 saturated heterocycles. The second-order valence-electron chi connectivity index (χ2n) is 10.5. The summed E-state index contributed by atoms with van der Waals surface area (Å²) in [6.45, 7) is 11.9. The van der Waals surface area contributed by atoms with Gasteiger partial charge < -0.3 is 15.8 Å². The van der Waals surface area contributed by atoms with Crippen molar-refractivity contribution in [3.8, 4) is 0 Å². The van der Waals surface area contributed by atoms with E-state index in [2.05, 4.69) is 22.2 Å². The van der Waals surface area contributed by atoms with Gasteiger partial charge >= 0.3 is 0 Å². The maximum atomic E-state index is 12.0. The molecule has 204 valence electrons. The monoisotopic (exact) mass is 511 g/mol. The summed E-state index contributed by atoms with van der Waals surface area (Å²) in [6.07, 6.45) is 12.4. The minimum atomic E-state index is -0.483. The Bertz CT molecular complexity index is 1030. The Balaban J connectivity index is 0.000000177. The first kappa shape index (κ1) is 28.9. The molecular formula is C29H45N5O3. The summed E-state index contributed by atoms with van der Waals surface area (Å²) in [4.78, 5) is 25.8. The third kappa shape index (κ3) is 8.40. The molecular weight excluding hydrogens is 466 g/mol. The Labute approximate surface area is 221 Å². The van der Waals surface area contributed by atoms with Crippen molar-refractivity contribution < 1.29 is 14.3 Å². The number of nitrogens with zero attached hydrogens (tertiary/aromatic N) is 3. The molecule has 0 unspecified atom stereocenters. The zero-order chi connectivity index (χ0) is 26.8. The fourth-order valence-electron chi connectivity index (χ4n) is 4.80. The molecule has 0 atom stereocenters. The topological polar surface area (TPSA) is 102 Å². The van der Waals surface area contributed by atoms with Crippen molar-refractivity contribution in [2.75, 3.05) is 38.2 Å². The second-order valence-corrected chi connectivity index (χ2v) is 10.5. The van der Waals surface area contributed by atoms with Crippen LogP contribution in [-0.4, -0.2) is 59.3 Å². The SMILES string of the molecule is C1CCCC1.CC.CC1(CN2CCOCC2)CC1.Cn1ncc2c1Cc1cc(C(N)=O)ccc1NC2=O. The molecule has 8 nitrogen and oxygen atoms in total. The van der Waals surface area contributed by atoms with Gasteiger partial charge in [-0.1, -0.05) is 52.9 Å². The molecule has 0 radical (unpaired) electrons. The van der Waals surface area contributed by atoms with Crippen molar-refractivity contribution in [3.05, 3.63) is 46.8 Å². The lowest BCUT2D eigenvalue weighted by Crippen LogP contribution is -2.39. The number of carbonyl (C=O) groups excluding carboxylic acids is 2. The third-order valence-corrected chi connectivity index (χ3v) is 7.36. The van der Waals surface area contributed by atoms with E-state index < -0.39 is 5.91 Å². The molecule has 2 aliphatic carbocycles. The van der Waals surface area contributed by atoms with E-state index in [0.29, 0.717) is 28.7 Å². The maximum Gasteiger partial charge on any atom is 0.259 e. The molecule has 3 heterocycles. The van der Waals surface area contributed by atoms with Crippen LogP contribution in [0, 0.1) is 5.41 Å². The Hall–Kier alpha value is -2.71. The number of nitrogens with two attached hydrogens (primary N) is 1. The molecule has 2 amide bonds. The van der Waals surface area contributed by atoms with Crippen LogP contribution in [0.15, 0.2) is 24.4 Å². The second kappa shape index (κ2) is 13.7. The minimum absolute atomic E-state index is 0.186. The zero-order valence-corrected chi connectivity index (χ0v) is 23.1. The summed E-state index contributed by atoms with van der Waals surface area (Å²) in [6, 6.07) is 5.02. The van der Waals surface area contributed by atoms with Crippen molar-refractivity contribution in [2.24, 2.45) is 18.2 Å². The zero-order valence-electron chi connectivity index (χ0n) is 23.1. The average Bonchev–Trinajstić information content (AvgIpc) is 3.26. The van der Waals surface area contributed by atoms with Gasteiger partial charge in [-0.25, -0.2) is 0 Å². The van der Waals surface area contributed by atoms with Gasteiger partial charge in [0.15, 0.2) is 0 Å². The van der Waals surface area contributed by atoms with E-state index in [1.54, 1.807) is 36.1 Å². The number of aryl methyl sites for hydroxylation is 1. The van der Waals surface area contributed by atoms with Crippen LogP contribution in [0.1, 0.15) is 97.7 Å². The number of primary amides is 1. The normalized spacial score (nSPS) is 19.2. The highest BCUT2D eigenvalue weighted by Gasteiger charge is 2.38. The summed E-state index contributed by atoms with van der Waals surface area (Å²) >= 11 is 0. The lowest BCUT2D eigenvalue weighted by atomic mass is 10.0. The van der Waals surface area contributed by atoms with Crippen LogP contribution < -0.4 is 11.1 Å². The number of fused-ring (bicyclic) bond motifs is 2. The molecule has 3 N–H and O–H groups in total. The van der Waals surface area contributed by atoms with Crippen LogP contribution >= 0.6 is 0 Å². The number of rotatable bonds is 3. The maximum absolute atomic E-state index is 12.0. The predicted octanol–water partition coefficient (Wildman–Crippen LogP) is 4.77. The van der Waals surface area contributed by atoms with Gasteiger partial charge in [0.25, 0.3) is 5.91 Å². The number of nitrogens with one attached hydrogen (secondary N) is 1. The van der Waals surface area contributed by atoms with Crippen LogP contribution in [0.25, 0.3) is 0 Å². The summed E-state index contributed by atoms with van der Waals surface area (Å²) in [5.41, 5.74) is 9.31. The Morgan fingerprint density at radius 3 is 2.30 bits per heavy atom. The van der Waals surface area contributed by atoms with Crippen molar-refractivity contribution >= 4 is 17.5 Å². The van der Waals surface area contributed by atoms with E-state index >= 15 is 0 Å². The first-order valence-electron chi connectivity index (χ1n) is 13.9. The van der Waals surface area contributed by atoms with Crippen molar-refractivity contribution in [1.29, 1.82) is 0 Å². The molecule has 2 aromatic rings. The fourth-order valence-corrected chi connectivity index (χ4v) is 4.80. The van der Waals surface area contributed by atoms with Crippen LogP contribution in [0.3, 0.4) is 0 Å². The van der Waals surface area contributed by atoms with Gasteiger partial charge in [-0.3, -0.25) is 19.2 Å². The quantitative estimate of drug-likeness (QED) is 0.618. The molecule has 2 aliphatic heterocycles. The number of anilines is 1. The Morgan fingerprint density at radius 1 is 1.11 bits per heavy atom. The van der Waals surface area contributed by atoms with E-state index in [9.17, 15) is 9.59 Å². The van der Waals surface area contributed by atoms with E-state index in [1.165, 1.54) is 51.5 Å². The Kier molecular flexibility index (Phi) is 10.7. The predicted molar refractivity (Wildman–Crippen MR) is 148 cm³/mol. The highest BCUT2D eigenvalue weighted by Crippen LogP contribution is 2.45. The van der Waals surface area contributed by atoms with E-state index in [0.717, 1.165) is 37.6 Å². The molecule has 0 spiro atoms. The van der Waals surface area contributed by atoms with Crippen LogP contribution in [0.2, 0.25) is 0 Å². The molecule has 3 fully saturated rings. The van der Waals surface area contributed by atoms with Gasteiger partial charge in [-0.2, -0.15) is 5.10 Å². The highest BCUT2D eigenvalue weighted by atomic mass is 16.5. The van der Waals surface area contributed by atoms with Crippen LogP contribution in [0.4, 0.5) is 5.69 Å². The molecule has 1 aromatic carbocycles. The van der Waals surface area contributed by atoms with Gasteiger partial charge in [0.05, 0.1) is 30.7 Å². The molecule has 4 aliphatic rings. The molecule has 1 aromatic heterocycles. The first-order valence-corrected chi connectivity index (χ1v) is 13.9. The number of hydrogen-bond acceptors (Lipinski definition) is 5. The summed E-state index contributed by atoms with van der Waals surface area (Å²) in [5.74, 6) is -0.669. The Morgan fingerprint density at radius 2 is 1.73 bits per heavy atom. The van der Waals surface area contributed by atoms with Gasteiger partial charge in [-0.15, -0.1) is 0 Å². The number of morpholine rings is 1. The lowest BCUT2D eigenvalue weighted by Gasteiger charge is -2.28. The van der Waals surface area contributed by atoms with E-state index in [4.69, 9.17) is 10.5 Å². The number of hydrogen-bond donors (Lipinski definition) is 2. The number of ether oxygens (including phenoxy) is 1. The molecule has 37 heavy (non-hydrogen) atoms. The van der Waals surface area contributed by atoms with Crippen molar-refractivity contribution in [1.82, 2.24) is 14.7 Å². The summed E-state index contributed by atoms with van der Waals surface area (Å²) < 4.78 is 6.96.